The lowest BCUT2D eigenvalue weighted by Crippen LogP contribution is -2.54. The fourth-order valence-corrected chi connectivity index (χ4v) is 6.38. The van der Waals surface area contributed by atoms with Crippen molar-refractivity contribution in [1.29, 1.82) is 0 Å². The summed E-state index contributed by atoms with van der Waals surface area (Å²) >= 11 is 1.78. The third kappa shape index (κ3) is 6.09. The first kappa shape index (κ1) is 29.8. The number of hydrogen-bond acceptors (Lipinski definition) is 8. The summed E-state index contributed by atoms with van der Waals surface area (Å²) in [5, 5.41) is 0. The average Bonchev–Trinajstić information content (AvgIpc) is 3.16. The van der Waals surface area contributed by atoms with Crippen LogP contribution >= 0.6 is 11.8 Å². The lowest BCUT2D eigenvalue weighted by Gasteiger charge is -2.41. The number of likely N-dealkylation sites (tertiary alicyclic amines) is 1. The van der Waals surface area contributed by atoms with Gasteiger partial charge in [-0.1, -0.05) is 12.1 Å². The number of carbonyl (C=O) groups is 4. The molecule has 4 rings (SSSR count). The van der Waals surface area contributed by atoms with E-state index >= 15 is 0 Å². The Bertz CT molecular complexity index is 1160. The van der Waals surface area contributed by atoms with Crippen molar-refractivity contribution in [1.82, 2.24) is 14.7 Å². The maximum Gasteiger partial charge on any atom is 0.410 e. The van der Waals surface area contributed by atoms with Gasteiger partial charge in [0, 0.05) is 49.8 Å². The van der Waals surface area contributed by atoms with Crippen molar-refractivity contribution in [3.8, 4) is 5.75 Å². The van der Waals surface area contributed by atoms with Crippen LogP contribution in [0.2, 0.25) is 0 Å². The molecule has 0 N–H and O–H groups in total. The van der Waals surface area contributed by atoms with Crippen molar-refractivity contribution in [3.63, 3.8) is 0 Å². The van der Waals surface area contributed by atoms with Crippen LogP contribution in [-0.4, -0.2) is 95.6 Å². The van der Waals surface area contributed by atoms with E-state index in [1.807, 2.05) is 24.3 Å². The molecule has 0 saturated carbocycles. The number of amides is 3. The van der Waals surface area contributed by atoms with E-state index in [2.05, 4.69) is 0 Å². The number of esters is 1. The van der Waals surface area contributed by atoms with Gasteiger partial charge in [0.15, 0.2) is 0 Å². The van der Waals surface area contributed by atoms with E-state index in [1.54, 1.807) is 62.4 Å². The molecule has 2 fully saturated rings. The summed E-state index contributed by atoms with van der Waals surface area (Å²) in [6.07, 6.45) is 0.986. The van der Waals surface area contributed by atoms with E-state index in [1.165, 1.54) is 4.90 Å². The number of rotatable bonds is 7. The molecule has 1 aromatic rings. The van der Waals surface area contributed by atoms with Gasteiger partial charge >= 0.3 is 12.1 Å². The van der Waals surface area contributed by atoms with Crippen LogP contribution in [0, 0.1) is 11.3 Å². The number of fused-ring (bicyclic) bond motifs is 1. The third-order valence-corrected chi connectivity index (χ3v) is 8.33. The zero-order valence-corrected chi connectivity index (χ0v) is 24.8. The Balaban J connectivity index is 1.75. The molecule has 3 heterocycles. The Hall–Kier alpha value is -3.21. The van der Waals surface area contributed by atoms with Crippen molar-refractivity contribution < 1.29 is 33.4 Å². The van der Waals surface area contributed by atoms with Crippen LogP contribution in [0.3, 0.4) is 0 Å². The molecule has 0 unspecified atom stereocenters. The Morgan fingerprint density at radius 1 is 1.07 bits per heavy atom. The number of carbonyl (C=O) groups excluding carboxylic acids is 4. The number of ether oxygens (including phenoxy) is 3. The zero-order chi connectivity index (χ0) is 29.1. The Kier molecular flexibility index (Phi) is 9.02. The van der Waals surface area contributed by atoms with Gasteiger partial charge in [-0.2, -0.15) is 11.8 Å². The highest BCUT2D eigenvalue weighted by molar-refractivity contribution is 7.99. The maximum absolute atomic E-state index is 14.2. The molecule has 218 valence electrons. The number of methoxy groups -OCH3 is 1. The number of nitrogens with zero attached hydrogens (tertiary/aromatic N) is 3. The van der Waals surface area contributed by atoms with Crippen molar-refractivity contribution >= 4 is 35.6 Å². The zero-order valence-electron chi connectivity index (χ0n) is 23.9. The molecule has 0 radical (unpaired) electrons. The highest BCUT2D eigenvalue weighted by Crippen LogP contribution is 2.51. The predicted molar refractivity (Wildman–Crippen MR) is 151 cm³/mol. The van der Waals surface area contributed by atoms with Gasteiger partial charge < -0.3 is 28.9 Å². The maximum atomic E-state index is 14.2. The minimum absolute atomic E-state index is 0.0942. The SMILES string of the molecule is CCOC(=O)[C@@]12CN(C(=O)OC(C)(C)C)CC=C1N(Cc1ccc(OC)cc1)C(=O)[C@H]2CC(=O)N1CCSCC1. The molecule has 0 aromatic heterocycles. The second-order valence-electron chi connectivity index (χ2n) is 11.2. The molecule has 1 aromatic carbocycles. The Morgan fingerprint density at radius 2 is 1.75 bits per heavy atom. The molecule has 3 aliphatic heterocycles. The summed E-state index contributed by atoms with van der Waals surface area (Å²) in [6.45, 7) is 8.53. The normalized spacial score (nSPS) is 22.9. The average molecular weight is 574 g/mol. The summed E-state index contributed by atoms with van der Waals surface area (Å²) < 4.78 is 16.4. The molecule has 3 aliphatic rings. The molecule has 2 saturated heterocycles. The highest BCUT2D eigenvalue weighted by Gasteiger charge is 2.64. The summed E-state index contributed by atoms with van der Waals surface area (Å²) in [5.41, 5.74) is -0.971. The summed E-state index contributed by atoms with van der Waals surface area (Å²) in [7, 11) is 1.58. The topological polar surface area (TPSA) is 106 Å². The van der Waals surface area contributed by atoms with Crippen molar-refractivity contribution in [2.45, 2.75) is 46.3 Å². The molecule has 40 heavy (non-hydrogen) atoms. The first-order valence-electron chi connectivity index (χ1n) is 13.7. The third-order valence-electron chi connectivity index (χ3n) is 7.39. The number of hydrogen-bond donors (Lipinski definition) is 0. The van der Waals surface area contributed by atoms with Crippen LogP contribution in [0.5, 0.6) is 5.75 Å². The molecular formula is C29H39N3O7S. The van der Waals surface area contributed by atoms with Crippen molar-refractivity contribution in [3.05, 3.63) is 41.6 Å². The quantitative estimate of drug-likeness (QED) is 0.458. The van der Waals surface area contributed by atoms with Crippen LogP contribution in [0.25, 0.3) is 0 Å². The van der Waals surface area contributed by atoms with Gasteiger partial charge in [0.25, 0.3) is 0 Å². The molecule has 2 atom stereocenters. The Labute approximate surface area is 240 Å². The largest absolute Gasteiger partial charge is 0.497 e. The smallest absolute Gasteiger partial charge is 0.410 e. The molecule has 0 spiro atoms. The fourth-order valence-electron chi connectivity index (χ4n) is 5.47. The monoisotopic (exact) mass is 573 g/mol. The fraction of sp³-hybridized carbons (Fsp3) is 0.586. The molecule has 0 bridgehead atoms. The minimum atomic E-state index is -1.53. The van der Waals surface area contributed by atoms with E-state index in [0.717, 1.165) is 17.1 Å². The van der Waals surface area contributed by atoms with E-state index in [0.29, 0.717) is 24.5 Å². The summed E-state index contributed by atoms with van der Waals surface area (Å²) in [5.74, 6) is 0.187. The first-order chi connectivity index (χ1) is 19.0. The van der Waals surface area contributed by atoms with E-state index < -0.39 is 29.0 Å². The second kappa shape index (κ2) is 12.1. The van der Waals surface area contributed by atoms with Gasteiger partial charge in [-0.05, 0) is 51.5 Å². The Morgan fingerprint density at radius 3 is 2.35 bits per heavy atom. The summed E-state index contributed by atoms with van der Waals surface area (Å²) in [6, 6.07) is 7.34. The molecule has 11 heteroatoms. The molecule has 10 nitrogen and oxygen atoms in total. The van der Waals surface area contributed by atoms with Crippen LogP contribution in [0.4, 0.5) is 4.79 Å². The molecular weight excluding hydrogens is 534 g/mol. The minimum Gasteiger partial charge on any atom is -0.497 e. The first-order valence-corrected chi connectivity index (χ1v) is 14.8. The number of benzene rings is 1. The predicted octanol–water partition coefficient (Wildman–Crippen LogP) is 3.30. The van der Waals surface area contributed by atoms with Gasteiger partial charge in [0.1, 0.15) is 16.8 Å². The van der Waals surface area contributed by atoms with Gasteiger partial charge in [0.2, 0.25) is 11.8 Å². The lowest BCUT2D eigenvalue weighted by atomic mass is 9.71. The highest BCUT2D eigenvalue weighted by atomic mass is 32.2. The van der Waals surface area contributed by atoms with E-state index in [4.69, 9.17) is 14.2 Å². The second-order valence-corrected chi connectivity index (χ2v) is 12.4. The van der Waals surface area contributed by atoms with Crippen molar-refractivity contribution in [2.75, 3.05) is 51.4 Å². The number of thioether (sulfide) groups is 1. The van der Waals surface area contributed by atoms with E-state index in [-0.39, 0.29) is 44.5 Å². The van der Waals surface area contributed by atoms with Crippen molar-refractivity contribution in [2.24, 2.45) is 11.3 Å². The van der Waals surface area contributed by atoms with Crippen LogP contribution in [0.15, 0.2) is 36.0 Å². The van der Waals surface area contributed by atoms with Gasteiger partial charge in [-0.15, -0.1) is 0 Å². The molecule has 3 amide bonds. The van der Waals surface area contributed by atoms with Gasteiger partial charge in [-0.3, -0.25) is 14.4 Å². The summed E-state index contributed by atoms with van der Waals surface area (Å²) in [4.78, 5) is 59.5. The van der Waals surface area contributed by atoms with Crippen LogP contribution in [0.1, 0.15) is 39.7 Å². The molecule has 0 aliphatic carbocycles. The van der Waals surface area contributed by atoms with Crippen LogP contribution in [-0.2, 0) is 30.4 Å². The van der Waals surface area contributed by atoms with Gasteiger partial charge in [0.05, 0.1) is 26.2 Å². The standard InChI is InChI=1S/C29H39N3O7S/c1-6-38-26(35)29-19-31(27(36)39-28(2,3)4)12-11-23(29)32(18-20-7-9-21(37-5)10-8-20)25(34)22(29)17-24(33)30-13-15-40-16-14-30/h7-11,22H,6,12-19H2,1-5H3/t22-,29-/m1/s1. The van der Waals surface area contributed by atoms with Crippen LogP contribution < -0.4 is 4.74 Å². The lowest BCUT2D eigenvalue weighted by molar-refractivity contribution is -0.159. The van der Waals surface area contributed by atoms with Gasteiger partial charge in [-0.25, -0.2) is 4.79 Å². The van der Waals surface area contributed by atoms with E-state index in [9.17, 15) is 19.2 Å².